The van der Waals surface area contributed by atoms with Crippen LogP contribution in [0.3, 0.4) is 0 Å². The lowest BCUT2D eigenvalue weighted by atomic mass is 10.2. The standard InChI is InChI=1S/C22H22ClN5O3/c1-12-20-22(25-15-7-9-18(30-4)19(11-15)31-5)26-21(27-28(20)13(2)24-12)14-6-8-17(29-3)16(23)10-14/h6-11H,1-5H3,(H,25,26,27). The summed E-state index contributed by atoms with van der Waals surface area (Å²) in [5.74, 6) is 3.71. The number of imidazole rings is 1. The number of nitrogens with zero attached hydrogens (tertiary/aromatic N) is 4. The summed E-state index contributed by atoms with van der Waals surface area (Å²) in [6.45, 7) is 3.83. The van der Waals surface area contributed by atoms with Gasteiger partial charge in [0.05, 0.1) is 32.0 Å². The Morgan fingerprint density at radius 1 is 0.871 bits per heavy atom. The molecule has 0 bridgehead atoms. The number of rotatable bonds is 6. The highest BCUT2D eigenvalue weighted by Gasteiger charge is 2.17. The minimum atomic E-state index is 0.483. The molecule has 0 aliphatic carbocycles. The largest absolute Gasteiger partial charge is 0.495 e. The van der Waals surface area contributed by atoms with E-state index in [1.807, 2.05) is 38.1 Å². The summed E-state index contributed by atoms with van der Waals surface area (Å²) < 4.78 is 17.8. The topological polar surface area (TPSA) is 82.8 Å². The second-order valence-electron chi connectivity index (χ2n) is 6.83. The predicted molar refractivity (Wildman–Crippen MR) is 120 cm³/mol. The van der Waals surface area contributed by atoms with Gasteiger partial charge >= 0.3 is 0 Å². The van der Waals surface area contributed by atoms with Gasteiger partial charge in [0.1, 0.15) is 17.1 Å². The Kier molecular flexibility index (Phi) is 5.56. The summed E-state index contributed by atoms with van der Waals surface area (Å²) in [6, 6.07) is 11.0. The van der Waals surface area contributed by atoms with Crippen molar-refractivity contribution in [3.8, 4) is 28.6 Å². The minimum absolute atomic E-state index is 0.483. The highest BCUT2D eigenvalue weighted by Crippen LogP contribution is 2.34. The maximum Gasteiger partial charge on any atom is 0.182 e. The average Bonchev–Trinajstić information content (AvgIpc) is 3.07. The number of ether oxygens (including phenoxy) is 3. The van der Waals surface area contributed by atoms with Gasteiger partial charge in [0.25, 0.3) is 0 Å². The van der Waals surface area contributed by atoms with Gasteiger partial charge in [-0.25, -0.2) is 14.5 Å². The van der Waals surface area contributed by atoms with Gasteiger partial charge in [0, 0.05) is 17.3 Å². The van der Waals surface area contributed by atoms with Gasteiger partial charge in [0.2, 0.25) is 0 Å². The Hall–Kier alpha value is -3.52. The Labute approximate surface area is 184 Å². The third kappa shape index (κ3) is 3.82. The highest BCUT2D eigenvalue weighted by atomic mass is 35.5. The zero-order valence-corrected chi connectivity index (χ0v) is 18.6. The smallest absolute Gasteiger partial charge is 0.182 e. The Balaban J connectivity index is 1.85. The summed E-state index contributed by atoms with van der Waals surface area (Å²) >= 11 is 6.32. The van der Waals surface area contributed by atoms with Crippen LogP contribution in [0.15, 0.2) is 36.4 Å². The summed E-state index contributed by atoms with van der Waals surface area (Å²) in [5, 5.41) is 8.54. The van der Waals surface area contributed by atoms with Gasteiger partial charge in [0.15, 0.2) is 23.1 Å². The number of methoxy groups -OCH3 is 3. The lowest BCUT2D eigenvalue weighted by molar-refractivity contribution is 0.355. The fourth-order valence-corrected chi connectivity index (χ4v) is 3.65. The van der Waals surface area contributed by atoms with Crippen molar-refractivity contribution in [2.45, 2.75) is 13.8 Å². The first-order chi connectivity index (χ1) is 14.9. The van der Waals surface area contributed by atoms with Crippen LogP contribution in [-0.2, 0) is 0 Å². The fourth-order valence-electron chi connectivity index (χ4n) is 3.39. The van der Waals surface area contributed by atoms with Crippen molar-refractivity contribution < 1.29 is 14.2 Å². The molecule has 0 saturated carbocycles. The third-order valence-corrected chi connectivity index (χ3v) is 5.18. The van der Waals surface area contributed by atoms with E-state index in [1.54, 1.807) is 38.0 Å². The van der Waals surface area contributed by atoms with Crippen LogP contribution in [0.4, 0.5) is 11.5 Å². The second-order valence-corrected chi connectivity index (χ2v) is 7.24. The van der Waals surface area contributed by atoms with Crippen LogP contribution < -0.4 is 19.5 Å². The Morgan fingerprint density at radius 2 is 1.58 bits per heavy atom. The Morgan fingerprint density at radius 3 is 2.26 bits per heavy atom. The number of halogens is 1. The van der Waals surface area contributed by atoms with E-state index in [-0.39, 0.29) is 0 Å². The number of nitrogens with one attached hydrogen (secondary N) is 1. The van der Waals surface area contributed by atoms with Gasteiger partial charge in [-0.05, 0) is 44.2 Å². The van der Waals surface area contributed by atoms with E-state index in [0.717, 1.165) is 28.3 Å². The molecule has 160 valence electrons. The molecule has 0 unspecified atom stereocenters. The highest BCUT2D eigenvalue weighted by molar-refractivity contribution is 6.32. The molecular formula is C22H22ClN5O3. The van der Waals surface area contributed by atoms with Gasteiger partial charge in [-0.15, -0.1) is 5.10 Å². The maximum atomic E-state index is 6.32. The van der Waals surface area contributed by atoms with E-state index < -0.39 is 0 Å². The van der Waals surface area contributed by atoms with Gasteiger partial charge in [-0.3, -0.25) is 0 Å². The molecular weight excluding hydrogens is 418 g/mol. The van der Waals surface area contributed by atoms with Crippen LogP contribution in [0.2, 0.25) is 5.02 Å². The van der Waals surface area contributed by atoms with Crippen LogP contribution in [-0.4, -0.2) is 40.9 Å². The molecule has 2 aromatic heterocycles. The predicted octanol–water partition coefficient (Wildman–Crippen LogP) is 4.83. The normalized spacial score (nSPS) is 10.9. The van der Waals surface area contributed by atoms with E-state index in [0.29, 0.717) is 33.9 Å². The summed E-state index contributed by atoms with van der Waals surface area (Å²) in [4.78, 5) is 9.34. The number of aromatic nitrogens is 4. The first-order valence-corrected chi connectivity index (χ1v) is 9.90. The third-order valence-electron chi connectivity index (χ3n) is 4.88. The lowest BCUT2D eigenvalue weighted by Gasteiger charge is -2.13. The number of benzene rings is 2. The molecule has 31 heavy (non-hydrogen) atoms. The van der Waals surface area contributed by atoms with Crippen LogP contribution in [0.25, 0.3) is 16.9 Å². The molecule has 0 fully saturated rings. The van der Waals surface area contributed by atoms with E-state index in [4.69, 9.17) is 30.8 Å². The first kappa shape index (κ1) is 20.7. The molecule has 0 atom stereocenters. The van der Waals surface area contributed by atoms with Crippen molar-refractivity contribution in [2.75, 3.05) is 26.6 Å². The van der Waals surface area contributed by atoms with Crippen molar-refractivity contribution in [3.63, 3.8) is 0 Å². The van der Waals surface area contributed by atoms with Crippen LogP contribution >= 0.6 is 11.6 Å². The average molecular weight is 440 g/mol. The van der Waals surface area contributed by atoms with Crippen molar-refractivity contribution in [1.29, 1.82) is 0 Å². The number of anilines is 2. The van der Waals surface area contributed by atoms with Gasteiger partial charge in [-0.1, -0.05) is 11.6 Å². The molecule has 1 N–H and O–H groups in total. The monoisotopic (exact) mass is 439 g/mol. The van der Waals surface area contributed by atoms with E-state index in [9.17, 15) is 0 Å². The molecule has 2 heterocycles. The minimum Gasteiger partial charge on any atom is -0.495 e. The molecule has 0 radical (unpaired) electrons. The SMILES string of the molecule is COc1ccc(-c2nc(Nc3ccc(OC)c(OC)c3)c3c(C)nc(C)n3n2)cc1Cl. The van der Waals surface area contributed by atoms with E-state index in [2.05, 4.69) is 15.4 Å². The molecule has 0 aliphatic heterocycles. The zero-order valence-electron chi connectivity index (χ0n) is 17.9. The van der Waals surface area contributed by atoms with Crippen LogP contribution in [0, 0.1) is 13.8 Å². The van der Waals surface area contributed by atoms with Crippen molar-refractivity contribution in [2.24, 2.45) is 0 Å². The zero-order chi connectivity index (χ0) is 22.1. The molecule has 8 nitrogen and oxygen atoms in total. The molecule has 0 saturated heterocycles. The van der Waals surface area contributed by atoms with Crippen molar-refractivity contribution in [3.05, 3.63) is 52.9 Å². The second kappa shape index (κ2) is 8.31. The van der Waals surface area contributed by atoms with E-state index in [1.165, 1.54) is 0 Å². The fraction of sp³-hybridized carbons (Fsp3) is 0.227. The quantitative estimate of drug-likeness (QED) is 0.460. The summed E-state index contributed by atoms with van der Waals surface area (Å²) in [6.07, 6.45) is 0. The lowest BCUT2D eigenvalue weighted by Crippen LogP contribution is -2.05. The molecule has 0 aliphatic rings. The molecule has 4 rings (SSSR count). The molecule has 2 aromatic carbocycles. The Bertz CT molecular complexity index is 1270. The molecule has 0 amide bonds. The van der Waals surface area contributed by atoms with Crippen molar-refractivity contribution >= 4 is 28.6 Å². The van der Waals surface area contributed by atoms with Gasteiger partial charge < -0.3 is 19.5 Å². The van der Waals surface area contributed by atoms with Crippen LogP contribution in [0.1, 0.15) is 11.5 Å². The summed E-state index contributed by atoms with van der Waals surface area (Å²) in [5.41, 5.74) is 3.15. The van der Waals surface area contributed by atoms with Crippen LogP contribution in [0.5, 0.6) is 17.2 Å². The number of hydrogen-bond donors (Lipinski definition) is 1. The summed E-state index contributed by atoms with van der Waals surface area (Å²) in [7, 11) is 4.77. The number of hydrogen-bond acceptors (Lipinski definition) is 7. The van der Waals surface area contributed by atoms with E-state index >= 15 is 0 Å². The number of fused-ring (bicyclic) bond motifs is 1. The molecule has 4 aromatic rings. The maximum absolute atomic E-state index is 6.32. The molecule has 9 heteroatoms. The van der Waals surface area contributed by atoms with Gasteiger partial charge in [-0.2, -0.15) is 0 Å². The number of aryl methyl sites for hydroxylation is 2. The first-order valence-electron chi connectivity index (χ1n) is 9.52. The molecule has 0 spiro atoms. The van der Waals surface area contributed by atoms with Crippen molar-refractivity contribution in [1.82, 2.24) is 19.6 Å².